The first-order chi connectivity index (χ1) is 14.5. The van der Waals surface area contributed by atoms with E-state index in [9.17, 15) is 9.59 Å². The van der Waals surface area contributed by atoms with Crippen LogP contribution in [0.2, 0.25) is 0 Å². The number of benzene rings is 2. The highest BCUT2D eigenvalue weighted by molar-refractivity contribution is 6.07. The minimum Gasteiger partial charge on any atom is -0.493 e. The van der Waals surface area contributed by atoms with Crippen LogP contribution in [-0.2, 0) is 0 Å². The number of carbonyl (C=O) groups excluding carboxylic acids is 1. The Bertz CT molecular complexity index is 1110. The number of amides is 1. The summed E-state index contributed by atoms with van der Waals surface area (Å²) < 4.78 is 11.4. The predicted molar refractivity (Wildman–Crippen MR) is 112 cm³/mol. The average Bonchev–Trinajstić information content (AvgIpc) is 2.72. The average molecular weight is 406 g/mol. The molecule has 0 saturated heterocycles. The van der Waals surface area contributed by atoms with E-state index in [1.54, 1.807) is 49.6 Å². The Labute approximate surface area is 173 Å². The van der Waals surface area contributed by atoms with Gasteiger partial charge in [-0.2, -0.15) is 0 Å². The Morgan fingerprint density at radius 3 is 2.73 bits per heavy atom. The molecule has 0 unspecified atom stereocenters. The van der Waals surface area contributed by atoms with Gasteiger partial charge >= 0.3 is 5.97 Å². The molecule has 154 valence electrons. The second-order valence-corrected chi connectivity index (χ2v) is 7.34. The van der Waals surface area contributed by atoms with E-state index in [4.69, 9.17) is 14.6 Å². The highest BCUT2D eigenvalue weighted by Crippen LogP contribution is 2.34. The van der Waals surface area contributed by atoms with Crippen molar-refractivity contribution in [3.8, 4) is 11.5 Å². The van der Waals surface area contributed by atoms with Crippen molar-refractivity contribution < 1.29 is 24.2 Å². The number of rotatable bonds is 7. The molecule has 1 aromatic heterocycles. The predicted octanol–water partition coefficient (Wildman–Crippen LogP) is 4.37. The Hall–Kier alpha value is -3.61. The second-order valence-electron chi connectivity index (χ2n) is 7.34. The van der Waals surface area contributed by atoms with E-state index in [-0.39, 0.29) is 11.5 Å². The Morgan fingerprint density at radius 1 is 1.20 bits per heavy atom. The number of aromatic carboxylic acids is 1. The number of hydrogen-bond donors (Lipinski definition) is 2. The lowest BCUT2D eigenvalue weighted by Crippen LogP contribution is -2.21. The van der Waals surface area contributed by atoms with Gasteiger partial charge in [0.2, 0.25) is 0 Å². The number of para-hydroxylation sites is 1. The van der Waals surface area contributed by atoms with Crippen LogP contribution in [0, 0.1) is 5.92 Å². The van der Waals surface area contributed by atoms with Crippen molar-refractivity contribution in [3.63, 3.8) is 0 Å². The summed E-state index contributed by atoms with van der Waals surface area (Å²) in [7, 11) is 1.55. The van der Waals surface area contributed by atoms with Crippen LogP contribution in [0.3, 0.4) is 0 Å². The van der Waals surface area contributed by atoms with Crippen LogP contribution in [0.4, 0.5) is 5.69 Å². The number of pyridine rings is 1. The highest BCUT2D eigenvalue weighted by Gasteiger charge is 2.22. The fourth-order valence-corrected chi connectivity index (χ4v) is 3.38. The van der Waals surface area contributed by atoms with Gasteiger partial charge in [-0.1, -0.05) is 18.6 Å². The van der Waals surface area contributed by atoms with Crippen LogP contribution in [0.25, 0.3) is 10.9 Å². The Balaban J connectivity index is 1.57. The molecule has 7 nitrogen and oxygen atoms in total. The molecule has 7 heteroatoms. The van der Waals surface area contributed by atoms with Crippen molar-refractivity contribution in [1.82, 2.24) is 4.98 Å². The minimum atomic E-state index is -1.03. The molecule has 1 saturated carbocycles. The lowest BCUT2D eigenvalue weighted by atomic mass is 9.86. The molecule has 30 heavy (non-hydrogen) atoms. The van der Waals surface area contributed by atoms with E-state index in [0.717, 1.165) is 12.8 Å². The van der Waals surface area contributed by atoms with Gasteiger partial charge in [-0.25, -0.2) is 4.79 Å². The number of ether oxygens (including phenoxy) is 2. The molecule has 4 rings (SSSR count). The first-order valence-corrected chi connectivity index (χ1v) is 9.79. The topological polar surface area (TPSA) is 97.8 Å². The van der Waals surface area contributed by atoms with Gasteiger partial charge in [0.1, 0.15) is 0 Å². The van der Waals surface area contributed by atoms with Gasteiger partial charge in [-0.15, -0.1) is 0 Å². The number of hydrogen-bond acceptors (Lipinski definition) is 5. The maximum absolute atomic E-state index is 13.0. The molecule has 3 aromatic rings. The summed E-state index contributed by atoms with van der Waals surface area (Å²) in [5.74, 6) is 0.124. The van der Waals surface area contributed by atoms with Gasteiger partial charge in [-0.05, 0) is 49.1 Å². The van der Waals surface area contributed by atoms with E-state index in [1.807, 2.05) is 0 Å². The van der Waals surface area contributed by atoms with Crippen molar-refractivity contribution in [2.24, 2.45) is 5.92 Å². The summed E-state index contributed by atoms with van der Waals surface area (Å²) in [6.07, 6.45) is 4.80. The van der Waals surface area contributed by atoms with Gasteiger partial charge in [0.05, 0.1) is 30.4 Å². The standard InChI is InChI=1S/C23H22N2O5/c1-29-20-7-3-6-18(21(20)30-13-14-4-2-5-14)22(26)25-17-9-8-15-10-16(23(27)28)12-24-19(15)11-17/h3,6-12,14H,2,4-5,13H2,1H3,(H,25,26)(H,27,28). The molecule has 1 amide bonds. The summed E-state index contributed by atoms with van der Waals surface area (Å²) in [4.78, 5) is 28.2. The highest BCUT2D eigenvalue weighted by atomic mass is 16.5. The SMILES string of the molecule is COc1cccc(C(=O)Nc2ccc3cc(C(=O)O)cnc3c2)c1OCC1CCC1. The molecular weight excluding hydrogens is 384 g/mol. The number of nitrogens with one attached hydrogen (secondary N) is 1. The van der Waals surface area contributed by atoms with Crippen LogP contribution in [0.1, 0.15) is 40.0 Å². The molecule has 1 heterocycles. The van der Waals surface area contributed by atoms with Crippen LogP contribution in [-0.4, -0.2) is 35.7 Å². The smallest absolute Gasteiger partial charge is 0.337 e. The molecular formula is C23H22N2O5. The summed E-state index contributed by atoms with van der Waals surface area (Å²) in [5.41, 5.74) is 1.65. The third kappa shape index (κ3) is 4.05. The second kappa shape index (κ2) is 8.41. The third-order valence-corrected chi connectivity index (χ3v) is 5.32. The molecule has 2 N–H and O–H groups in total. The molecule has 1 aliphatic carbocycles. The maximum atomic E-state index is 13.0. The first kappa shape index (κ1) is 19.7. The molecule has 0 spiro atoms. The zero-order chi connectivity index (χ0) is 21.1. The van der Waals surface area contributed by atoms with Gasteiger partial charge in [-0.3, -0.25) is 9.78 Å². The van der Waals surface area contributed by atoms with E-state index in [2.05, 4.69) is 10.3 Å². The van der Waals surface area contributed by atoms with Crippen LogP contribution in [0.5, 0.6) is 11.5 Å². The van der Waals surface area contributed by atoms with Crippen LogP contribution in [0.15, 0.2) is 48.7 Å². The summed E-state index contributed by atoms with van der Waals surface area (Å²) >= 11 is 0. The van der Waals surface area contributed by atoms with E-state index >= 15 is 0 Å². The molecule has 0 aliphatic heterocycles. The van der Waals surface area contributed by atoms with Crippen molar-refractivity contribution in [3.05, 3.63) is 59.8 Å². The molecule has 0 bridgehead atoms. The van der Waals surface area contributed by atoms with E-state index in [0.29, 0.717) is 46.2 Å². The van der Waals surface area contributed by atoms with Crippen LogP contribution >= 0.6 is 0 Å². The van der Waals surface area contributed by atoms with Gasteiger partial charge in [0.25, 0.3) is 5.91 Å². The lowest BCUT2D eigenvalue weighted by Gasteiger charge is -2.26. The number of carbonyl (C=O) groups is 2. The molecule has 1 fully saturated rings. The monoisotopic (exact) mass is 406 g/mol. The first-order valence-electron chi connectivity index (χ1n) is 9.79. The zero-order valence-electron chi connectivity index (χ0n) is 16.6. The number of carboxylic acids is 1. The number of aromatic nitrogens is 1. The normalized spacial score (nSPS) is 13.5. The van der Waals surface area contributed by atoms with Crippen molar-refractivity contribution in [1.29, 1.82) is 0 Å². The number of carboxylic acid groups (broad SMARTS) is 1. The molecule has 0 radical (unpaired) electrons. The number of fused-ring (bicyclic) bond motifs is 1. The fourth-order valence-electron chi connectivity index (χ4n) is 3.38. The van der Waals surface area contributed by atoms with Crippen LogP contribution < -0.4 is 14.8 Å². The third-order valence-electron chi connectivity index (χ3n) is 5.32. The molecule has 0 atom stereocenters. The minimum absolute atomic E-state index is 0.115. The summed E-state index contributed by atoms with van der Waals surface area (Å²) in [5, 5.41) is 12.6. The number of anilines is 1. The summed E-state index contributed by atoms with van der Waals surface area (Å²) in [6.45, 7) is 0.562. The number of methoxy groups -OCH3 is 1. The largest absolute Gasteiger partial charge is 0.493 e. The molecule has 1 aliphatic rings. The fraction of sp³-hybridized carbons (Fsp3) is 0.261. The Morgan fingerprint density at radius 2 is 2.03 bits per heavy atom. The zero-order valence-corrected chi connectivity index (χ0v) is 16.6. The van der Waals surface area contributed by atoms with Crippen molar-refractivity contribution in [2.45, 2.75) is 19.3 Å². The summed E-state index contributed by atoms with van der Waals surface area (Å²) in [6, 6.07) is 11.9. The Kier molecular flexibility index (Phi) is 5.52. The number of nitrogens with zero attached hydrogens (tertiary/aromatic N) is 1. The maximum Gasteiger partial charge on any atom is 0.337 e. The van der Waals surface area contributed by atoms with E-state index in [1.165, 1.54) is 12.6 Å². The van der Waals surface area contributed by atoms with E-state index < -0.39 is 5.97 Å². The van der Waals surface area contributed by atoms with Crippen molar-refractivity contribution >= 4 is 28.5 Å². The van der Waals surface area contributed by atoms with Crippen molar-refractivity contribution in [2.75, 3.05) is 19.0 Å². The quantitative estimate of drug-likeness (QED) is 0.605. The molecule has 2 aromatic carbocycles. The van der Waals surface area contributed by atoms with Gasteiger partial charge < -0.3 is 19.9 Å². The van der Waals surface area contributed by atoms with Gasteiger partial charge in [0, 0.05) is 17.3 Å². The van der Waals surface area contributed by atoms with Gasteiger partial charge in [0.15, 0.2) is 11.5 Å². The lowest BCUT2D eigenvalue weighted by molar-refractivity contribution is 0.0696.